The van der Waals surface area contributed by atoms with Gasteiger partial charge in [-0.1, -0.05) is 35.5 Å². The number of hydrogen-bond donors (Lipinski definition) is 2. The van der Waals surface area contributed by atoms with Crippen molar-refractivity contribution in [2.24, 2.45) is 4.99 Å². The van der Waals surface area contributed by atoms with E-state index < -0.39 is 0 Å². The van der Waals surface area contributed by atoms with Crippen LogP contribution in [0.2, 0.25) is 0 Å². The molecule has 1 aromatic heterocycles. The van der Waals surface area contributed by atoms with Crippen LogP contribution in [-0.4, -0.2) is 31.3 Å². The van der Waals surface area contributed by atoms with Crippen LogP contribution in [0.5, 0.6) is 0 Å². The van der Waals surface area contributed by atoms with E-state index in [0.29, 0.717) is 0 Å². The molecule has 0 unspecified atom stereocenters. The van der Waals surface area contributed by atoms with Crippen molar-refractivity contribution < 1.29 is 4.52 Å². The van der Waals surface area contributed by atoms with Crippen molar-refractivity contribution in [3.8, 4) is 0 Å². The van der Waals surface area contributed by atoms with Crippen molar-refractivity contribution in [1.29, 1.82) is 0 Å². The minimum Gasteiger partial charge on any atom is -0.361 e. The second-order valence-corrected chi connectivity index (χ2v) is 6.55. The molecule has 0 saturated heterocycles. The van der Waals surface area contributed by atoms with E-state index in [0.717, 1.165) is 36.9 Å². The topological polar surface area (TPSA) is 62.5 Å². The molecule has 136 valence electrons. The summed E-state index contributed by atoms with van der Waals surface area (Å²) in [5.41, 5.74) is 3.85. The number of aliphatic imine (C=N–C) groups is 1. The highest BCUT2D eigenvalue weighted by molar-refractivity contribution is 14.0. The van der Waals surface area contributed by atoms with E-state index in [4.69, 9.17) is 4.52 Å². The summed E-state index contributed by atoms with van der Waals surface area (Å²) in [6.45, 7) is 5.66. The Morgan fingerprint density at radius 2 is 1.92 bits per heavy atom. The first-order valence-electron chi connectivity index (χ1n) is 8.56. The van der Waals surface area contributed by atoms with E-state index in [1.165, 1.54) is 24.0 Å². The minimum atomic E-state index is 0. The zero-order valence-corrected chi connectivity index (χ0v) is 17.5. The van der Waals surface area contributed by atoms with Gasteiger partial charge in [0, 0.05) is 31.1 Å². The standard InChI is InChI=1S/C19H26N4O.HI/c1-14-17(15(2)24-23-14)9-12-21-18(20-3)22-13-19(10-11-19)16-7-5-4-6-8-16;/h4-8H,9-13H2,1-3H3,(H2,20,21,22);1H. The van der Waals surface area contributed by atoms with Gasteiger partial charge in [-0.25, -0.2) is 0 Å². The first-order chi connectivity index (χ1) is 11.6. The lowest BCUT2D eigenvalue weighted by molar-refractivity contribution is 0.392. The number of nitrogens with zero attached hydrogens (tertiary/aromatic N) is 2. The number of benzene rings is 1. The molecule has 1 aliphatic rings. The molecule has 1 aromatic carbocycles. The number of aromatic nitrogens is 1. The van der Waals surface area contributed by atoms with Crippen molar-refractivity contribution in [2.45, 2.75) is 38.5 Å². The summed E-state index contributed by atoms with van der Waals surface area (Å²) < 4.78 is 5.20. The van der Waals surface area contributed by atoms with Gasteiger partial charge in [-0.15, -0.1) is 24.0 Å². The molecule has 6 heteroatoms. The fourth-order valence-corrected chi connectivity index (χ4v) is 3.15. The Morgan fingerprint density at radius 1 is 1.20 bits per heavy atom. The van der Waals surface area contributed by atoms with Gasteiger partial charge in [-0.05, 0) is 38.7 Å². The molecule has 2 aromatic rings. The maximum atomic E-state index is 5.20. The second kappa shape index (κ2) is 8.69. The Morgan fingerprint density at radius 3 is 2.48 bits per heavy atom. The third-order valence-corrected chi connectivity index (χ3v) is 4.91. The highest BCUT2D eigenvalue weighted by Gasteiger charge is 2.43. The molecule has 0 radical (unpaired) electrons. The maximum Gasteiger partial charge on any atom is 0.191 e. The van der Waals surface area contributed by atoms with Crippen LogP contribution in [0.4, 0.5) is 0 Å². The molecular formula is C19H27IN4O. The first-order valence-corrected chi connectivity index (χ1v) is 8.56. The SMILES string of the molecule is CN=C(NCCc1c(C)noc1C)NCC1(c2ccccc2)CC1.I. The average molecular weight is 454 g/mol. The van der Waals surface area contributed by atoms with Crippen molar-refractivity contribution in [2.75, 3.05) is 20.1 Å². The van der Waals surface area contributed by atoms with Gasteiger partial charge in [0.25, 0.3) is 0 Å². The first kappa shape index (κ1) is 19.8. The number of guanidine groups is 1. The van der Waals surface area contributed by atoms with E-state index in [1.807, 2.05) is 20.9 Å². The average Bonchev–Trinajstić information content (AvgIpc) is 3.34. The van der Waals surface area contributed by atoms with Gasteiger partial charge in [0.2, 0.25) is 0 Å². The lowest BCUT2D eigenvalue weighted by Gasteiger charge is -2.19. The van der Waals surface area contributed by atoms with Gasteiger partial charge < -0.3 is 15.2 Å². The largest absolute Gasteiger partial charge is 0.361 e. The van der Waals surface area contributed by atoms with E-state index in [-0.39, 0.29) is 29.4 Å². The Hall–Kier alpha value is -1.57. The number of nitrogens with one attached hydrogen (secondary N) is 2. The number of aryl methyl sites for hydroxylation is 2. The van der Waals surface area contributed by atoms with Gasteiger partial charge in [-0.3, -0.25) is 4.99 Å². The van der Waals surface area contributed by atoms with Crippen LogP contribution < -0.4 is 10.6 Å². The molecule has 0 spiro atoms. The third-order valence-electron chi connectivity index (χ3n) is 4.91. The van der Waals surface area contributed by atoms with Gasteiger partial charge >= 0.3 is 0 Å². The van der Waals surface area contributed by atoms with Crippen molar-refractivity contribution in [3.05, 3.63) is 52.9 Å². The summed E-state index contributed by atoms with van der Waals surface area (Å²) >= 11 is 0. The lowest BCUT2D eigenvalue weighted by atomic mass is 9.96. The highest BCUT2D eigenvalue weighted by atomic mass is 127. The van der Waals surface area contributed by atoms with Gasteiger partial charge in [0.1, 0.15) is 5.76 Å². The summed E-state index contributed by atoms with van der Waals surface area (Å²) in [7, 11) is 1.81. The molecule has 0 aliphatic heterocycles. The van der Waals surface area contributed by atoms with Crippen molar-refractivity contribution in [1.82, 2.24) is 15.8 Å². The molecule has 5 nitrogen and oxygen atoms in total. The number of halogens is 1. The predicted molar refractivity (Wildman–Crippen MR) is 112 cm³/mol. The Bertz CT molecular complexity index is 688. The number of hydrogen-bond acceptors (Lipinski definition) is 3. The quantitative estimate of drug-likeness (QED) is 0.399. The van der Waals surface area contributed by atoms with Crippen LogP contribution in [0.1, 0.15) is 35.4 Å². The molecule has 0 bridgehead atoms. The van der Waals surface area contributed by atoms with Gasteiger partial charge in [0.05, 0.1) is 5.69 Å². The molecule has 1 saturated carbocycles. The van der Waals surface area contributed by atoms with Crippen molar-refractivity contribution >= 4 is 29.9 Å². The molecule has 1 aliphatic carbocycles. The van der Waals surface area contributed by atoms with E-state index >= 15 is 0 Å². The molecule has 2 N–H and O–H groups in total. The van der Waals surface area contributed by atoms with Crippen LogP contribution in [0.25, 0.3) is 0 Å². The Labute approximate surface area is 166 Å². The van der Waals surface area contributed by atoms with Crippen molar-refractivity contribution in [3.63, 3.8) is 0 Å². The third kappa shape index (κ3) is 4.74. The summed E-state index contributed by atoms with van der Waals surface area (Å²) in [6, 6.07) is 10.8. The molecule has 1 heterocycles. The van der Waals surface area contributed by atoms with E-state index in [9.17, 15) is 0 Å². The second-order valence-electron chi connectivity index (χ2n) is 6.55. The lowest BCUT2D eigenvalue weighted by Crippen LogP contribution is -2.42. The molecule has 0 amide bonds. The van der Waals surface area contributed by atoms with E-state index in [2.05, 4.69) is 51.1 Å². The molecule has 3 rings (SSSR count). The molecule has 1 fully saturated rings. The summed E-state index contributed by atoms with van der Waals surface area (Å²) in [5.74, 6) is 1.75. The van der Waals surface area contributed by atoms with Gasteiger partial charge in [0.15, 0.2) is 5.96 Å². The van der Waals surface area contributed by atoms with Crippen LogP contribution in [0.3, 0.4) is 0 Å². The van der Waals surface area contributed by atoms with Crippen LogP contribution in [0, 0.1) is 13.8 Å². The summed E-state index contributed by atoms with van der Waals surface area (Å²) in [5, 5.41) is 10.9. The molecule has 25 heavy (non-hydrogen) atoms. The normalized spacial score (nSPS) is 15.4. The van der Waals surface area contributed by atoms with Crippen LogP contribution in [-0.2, 0) is 11.8 Å². The molecular weight excluding hydrogens is 427 g/mol. The summed E-state index contributed by atoms with van der Waals surface area (Å²) in [6.07, 6.45) is 3.35. The summed E-state index contributed by atoms with van der Waals surface area (Å²) in [4.78, 5) is 4.33. The number of rotatable bonds is 6. The Kier molecular flexibility index (Phi) is 6.87. The van der Waals surface area contributed by atoms with Crippen LogP contribution in [0.15, 0.2) is 39.8 Å². The minimum absolute atomic E-state index is 0. The zero-order chi connectivity index (χ0) is 17.0. The predicted octanol–water partition coefficient (Wildman–Crippen LogP) is 3.35. The monoisotopic (exact) mass is 454 g/mol. The smallest absolute Gasteiger partial charge is 0.191 e. The Balaban J connectivity index is 0.00000225. The zero-order valence-electron chi connectivity index (χ0n) is 15.1. The highest BCUT2D eigenvalue weighted by Crippen LogP contribution is 2.47. The van der Waals surface area contributed by atoms with Crippen LogP contribution >= 0.6 is 24.0 Å². The maximum absolute atomic E-state index is 5.20. The molecule has 0 atom stereocenters. The fourth-order valence-electron chi connectivity index (χ4n) is 3.15. The van der Waals surface area contributed by atoms with Gasteiger partial charge in [-0.2, -0.15) is 0 Å². The fraction of sp³-hybridized carbons (Fsp3) is 0.474. The van der Waals surface area contributed by atoms with E-state index in [1.54, 1.807) is 0 Å².